The Bertz CT molecular complexity index is 353. The fraction of sp³-hybridized carbons (Fsp3) is 1.00. The Kier molecular flexibility index (Phi) is 8.02. The zero-order chi connectivity index (χ0) is 15.0. The molecule has 0 aromatic carbocycles. The third kappa shape index (κ3) is 7.57. The molecule has 120 valence electrons. The number of ether oxygens (including phenoxy) is 1. The quantitative estimate of drug-likeness (QED) is 0.555. The molecule has 1 aliphatic rings. The summed E-state index contributed by atoms with van der Waals surface area (Å²) in [5, 5.41) is 3.41. The van der Waals surface area contributed by atoms with E-state index in [1.54, 1.807) is 11.4 Å². The van der Waals surface area contributed by atoms with Crippen LogP contribution in [0.15, 0.2) is 0 Å². The molecule has 0 unspecified atom stereocenters. The number of sulfonamides is 1. The van der Waals surface area contributed by atoms with E-state index in [4.69, 9.17) is 4.74 Å². The molecule has 1 saturated carbocycles. The van der Waals surface area contributed by atoms with Crippen molar-refractivity contribution in [1.82, 2.24) is 9.62 Å². The summed E-state index contributed by atoms with van der Waals surface area (Å²) in [5.41, 5.74) is 0. The van der Waals surface area contributed by atoms with Crippen molar-refractivity contribution in [2.24, 2.45) is 5.92 Å². The van der Waals surface area contributed by atoms with E-state index in [-0.39, 0.29) is 5.75 Å². The molecule has 0 heterocycles. The predicted octanol–water partition coefficient (Wildman–Crippen LogP) is 1.45. The van der Waals surface area contributed by atoms with E-state index in [1.807, 2.05) is 13.8 Å². The van der Waals surface area contributed by atoms with Gasteiger partial charge in [-0.05, 0) is 38.1 Å². The van der Waals surface area contributed by atoms with Crippen LogP contribution in [-0.4, -0.2) is 57.9 Å². The molecular weight excluding hydrogens is 276 g/mol. The molecule has 0 aromatic heterocycles. The van der Waals surface area contributed by atoms with Gasteiger partial charge in [0.15, 0.2) is 0 Å². The topological polar surface area (TPSA) is 58.6 Å². The van der Waals surface area contributed by atoms with Crippen LogP contribution in [-0.2, 0) is 14.8 Å². The van der Waals surface area contributed by atoms with Crippen LogP contribution in [0.4, 0.5) is 0 Å². The molecule has 0 aromatic rings. The second kappa shape index (κ2) is 8.97. The van der Waals surface area contributed by atoms with E-state index in [1.165, 1.54) is 12.8 Å². The van der Waals surface area contributed by atoms with Crippen molar-refractivity contribution in [2.75, 3.05) is 39.1 Å². The van der Waals surface area contributed by atoms with Crippen molar-refractivity contribution in [3.8, 4) is 0 Å². The first-order valence-corrected chi connectivity index (χ1v) is 9.26. The van der Waals surface area contributed by atoms with Gasteiger partial charge in [-0.25, -0.2) is 8.42 Å². The molecule has 6 heteroatoms. The minimum Gasteiger partial charge on any atom is -0.383 e. The van der Waals surface area contributed by atoms with Gasteiger partial charge in [0.1, 0.15) is 0 Å². The van der Waals surface area contributed by atoms with Crippen LogP contribution in [0.2, 0.25) is 0 Å². The maximum atomic E-state index is 12.3. The van der Waals surface area contributed by atoms with Crippen molar-refractivity contribution in [2.45, 2.75) is 45.6 Å². The van der Waals surface area contributed by atoms with Crippen LogP contribution in [0.5, 0.6) is 0 Å². The third-order valence-corrected chi connectivity index (χ3v) is 5.27. The number of methoxy groups -OCH3 is 1. The first-order valence-electron chi connectivity index (χ1n) is 7.66. The number of hydrogen-bond donors (Lipinski definition) is 1. The zero-order valence-corrected chi connectivity index (χ0v) is 13.9. The summed E-state index contributed by atoms with van der Waals surface area (Å²) in [6.45, 7) is 6.49. The van der Waals surface area contributed by atoms with E-state index in [9.17, 15) is 8.42 Å². The van der Waals surface area contributed by atoms with Crippen molar-refractivity contribution in [3.05, 3.63) is 0 Å². The second-order valence-corrected chi connectivity index (χ2v) is 8.08. The van der Waals surface area contributed by atoms with Crippen LogP contribution in [0.25, 0.3) is 0 Å². The molecule has 0 atom stereocenters. The summed E-state index contributed by atoms with van der Waals surface area (Å²) >= 11 is 0. The zero-order valence-electron chi connectivity index (χ0n) is 13.1. The number of unbranched alkanes of at least 4 members (excludes halogenated alkanes) is 1. The molecule has 1 rings (SSSR count). The SMILES string of the molecule is COCCN(CC(C)C)S(=O)(=O)CCCCNC1CC1. The van der Waals surface area contributed by atoms with E-state index in [2.05, 4.69) is 5.32 Å². The molecule has 0 amide bonds. The summed E-state index contributed by atoms with van der Waals surface area (Å²) in [7, 11) is -1.55. The number of nitrogens with one attached hydrogen (secondary N) is 1. The minimum atomic E-state index is -3.15. The predicted molar refractivity (Wildman–Crippen MR) is 82.3 cm³/mol. The van der Waals surface area contributed by atoms with Crippen molar-refractivity contribution in [1.29, 1.82) is 0 Å². The Morgan fingerprint density at radius 2 is 2.00 bits per heavy atom. The lowest BCUT2D eigenvalue weighted by Crippen LogP contribution is -2.38. The number of rotatable bonds is 12. The first-order chi connectivity index (χ1) is 9.45. The Morgan fingerprint density at radius 3 is 2.55 bits per heavy atom. The maximum absolute atomic E-state index is 12.3. The summed E-state index contributed by atoms with van der Waals surface area (Å²) in [4.78, 5) is 0. The Hall–Kier alpha value is -0.170. The highest BCUT2D eigenvalue weighted by Gasteiger charge is 2.23. The lowest BCUT2D eigenvalue weighted by Gasteiger charge is -2.23. The van der Waals surface area contributed by atoms with Gasteiger partial charge in [-0.3, -0.25) is 0 Å². The third-order valence-electron chi connectivity index (χ3n) is 3.35. The van der Waals surface area contributed by atoms with E-state index in [0.717, 1.165) is 19.4 Å². The number of hydrogen-bond acceptors (Lipinski definition) is 4. The fourth-order valence-electron chi connectivity index (χ4n) is 2.08. The molecule has 0 aliphatic heterocycles. The lowest BCUT2D eigenvalue weighted by molar-refractivity contribution is 0.175. The average Bonchev–Trinajstić information content (AvgIpc) is 3.17. The number of nitrogens with zero attached hydrogens (tertiary/aromatic N) is 1. The molecule has 0 bridgehead atoms. The second-order valence-electron chi connectivity index (χ2n) is 6.00. The highest BCUT2D eigenvalue weighted by atomic mass is 32.2. The van der Waals surface area contributed by atoms with Crippen molar-refractivity contribution >= 4 is 10.0 Å². The Morgan fingerprint density at radius 1 is 1.30 bits per heavy atom. The summed E-state index contributed by atoms with van der Waals surface area (Å²) < 4.78 is 31.3. The molecule has 1 N–H and O–H groups in total. The van der Waals surface area contributed by atoms with Crippen LogP contribution >= 0.6 is 0 Å². The van der Waals surface area contributed by atoms with Gasteiger partial charge in [-0.2, -0.15) is 4.31 Å². The van der Waals surface area contributed by atoms with E-state index < -0.39 is 10.0 Å². The highest BCUT2D eigenvalue weighted by Crippen LogP contribution is 2.18. The highest BCUT2D eigenvalue weighted by molar-refractivity contribution is 7.89. The van der Waals surface area contributed by atoms with Gasteiger partial charge >= 0.3 is 0 Å². The molecule has 0 saturated heterocycles. The van der Waals surface area contributed by atoms with Gasteiger partial charge in [0, 0.05) is 26.2 Å². The smallest absolute Gasteiger partial charge is 0.214 e. The van der Waals surface area contributed by atoms with Crippen molar-refractivity contribution in [3.63, 3.8) is 0 Å². The lowest BCUT2D eigenvalue weighted by atomic mass is 10.2. The molecule has 5 nitrogen and oxygen atoms in total. The fourth-order valence-corrected chi connectivity index (χ4v) is 3.78. The van der Waals surface area contributed by atoms with Gasteiger partial charge < -0.3 is 10.1 Å². The normalized spacial score (nSPS) is 16.2. The monoisotopic (exact) mass is 306 g/mol. The van der Waals surface area contributed by atoms with Crippen LogP contribution < -0.4 is 5.32 Å². The van der Waals surface area contributed by atoms with Crippen LogP contribution in [0.1, 0.15) is 39.5 Å². The maximum Gasteiger partial charge on any atom is 0.214 e. The van der Waals surface area contributed by atoms with Gasteiger partial charge in [0.05, 0.1) is 12.4 Å². The van der Waals surface area contributed by atoms with Gasteiger partial charge in [0.2, 0.25) is 10.0 Å². The Labute approximate surface area is 124 Å². The van der Waals surface area contributed by atoms with Crippen molar-refractivity contribution < 1.29 is 13.2 Å². The average molecular weight is 306 g/mol. The van der Waals surface area contributed by atoms with Gasteiger partial charge in [-0.15, -0.1) is 0 Å². The molecule has 20 heavy (non-hydrogen) atoms. The summed E-state index contributed by atoms with van der Waals surface area (Å²) in [5.74, 6) is 0.577. The molecule has 0 radical (unpaired) electrons. The summed E-state index contributed by atoms with van der Waals surface area (Å²) in [6, 6.07) is 0.700. The molecule has 0 spiro atoms. The van der Waals surface area contributed by atoms with Gasteiger partial charge in [0.25, 0.3) is 0 Å². The summed E-state index contributed by atoms with van der Waals surface area (Å²) in [6.07, 6.45) is 4.20. The molecule has 1 aliphatic carbocycles. The largest absolute Gasteiger partial charge is 0.383 e. The Balaban J connectivity index is 2.31. The first kappa shape index (κ1) is 17.9. The van der Waals surface area contributed by atoms with Crippen LogP contribution in [0, 0.1) is 5.92 Å². The molecular formula is C14H30N2O3S. The minimum absolute atomic E-state index is 0.246. The van der Waals surface area contributed by atoms with Gasteiger partial charge in [-0.1, -0.05) is 13.8 Å². The van der Waals surface area contributed by atoms with E-state index >= 15 is 0 Å². The van der Waals surface area contributed by atoms with Crippen LogP contribution in [0.3, 0.4) is 0 Å². The standard InChI is InChI=1S/C14H30N2O3S/c1-13(2)12-16(9-10-19-3)20(17,18)11-5-4-8-15-14-6-7-14/h13-15H,4-12H2,1-3H3. The molecule has 1 fully saturated rings. The van der Waals surface area contributed by atoms with E-state index in [0.29, 0.717) is 31.7 Å².